The number of carbonyl (C=O) groups is 1. The van der Waals surface area contributed by atoms with Crippen molar-refractivity contribution in [2.75, 3.05) is 14.2 Å². The minimum Gasteiger partial charge on any atom is -0.497 e. The van der Waals surface area contributed by atoms with Crippen molar-refractivity contribution in [2.45, 2.75) is 52.6 Å². The van der Waals surface area contributed by atoms with Crippen LogP contribution in [0.2, 0.25) is 0 Å². The highest BCUT2D eigenvalue weighted by molar-refractivity contribution is 5.94. The summed E-state index contributed by atoms with van der Waals surface area (Å²) in [5, 5.41) is 2.61. The van der Waals surface area contributed by atoms with Crippen molar-refractivity contribution < 1.29 is 18.7 Å². The van der Waals surface area contributed by atoms with Gasteiger partial charge in [-0.2, -0.15) is 0 Å². The second-order valence-corrected chi connectivity index (χ2v) is 10.5. The number of rotatable bonds is 8. The first-order valence-electron chi connectivity index (χ1n) is 12.8. The Balaban J connectivity index is 1.65. The fourth-order valence-corrected chi connectivity index (χ4v) is 5.33. The van der Waals surface area contributed by atoms with Crippen LogP contribution < -0.4 is 14.8 Å². The van der Waals surface area contributed by atoms with Gasteiger partial charge in [-0.3, -0.25) is 4.79 Å². The quantitative estimate of drug-likeness (QED) is 0.325. The van der Waals surface area contributed by atoms with Gasteiger partial charge in [-0.05, 0) is 89.3 Å². The summed E-state index contributed by atoms with van der Waals surface area (Å²) < 4.78 is 26.6. The third-order valence-electron chi connectivity index (χ3n) is 7.50. The van der Waals surface area contributed by atoms with Gasteiger partial charge < -0.3 is 14.8 Å². The molecule has 5 heteroatoms. The molecule has 3 aromatic carbocycles. The van der Waals surface area contributed by atoms with E-state index in [1.54, 1.807) is 32.4 Å². The largest absolute Gasteiger partial charge is 0.497 e. The van der Waals surface area contributed by atoms with Crippen molar-refractivity contribution in [1.29, 1.82) is 0 Å². The van der Waals surface area contributed by atoms with Crippen molar-refractivity contribution in [3.63, 3.8) is 0 Å². The Kier molecular flexibility index (Phi) is 8.01. The van der Waals surface area contributed by atoms with E-state index in [9.17, 15) is 4.79 Å². The first kappa shape index (κ1) is 26.5. The molecular formula is C32H36FNO3. The Labute approximate surface area is 219 Å². The fourth-order valence-electron chi connectivity index (χ4n) is 5.33. The first-order valence-corrected chi connectivity index (χ1v) is 12.8. The lowest BCUT2D eigenvalue weighted by molar-refractivity contribution is -0.116. The van der Waals surface area contributed by atoms with Crippen LogP contribution in [0.15, 0.2) is 66.7 Å². The molecule has 1 saturated carbocycles. The minimum atomic E-state index is -0.251. The maximum absolute atomic E-state index is 15.0. The summed E-state index contributed by atoms with van der Waals surface area (Å²) in [6, 6.07) is 18.9. The van der Waals surface area contributed by atoms with Crippen LogP contribution in [0.25, 0.3) is 16.7 Å². The van der Waals surface area contributed by atoms with Crippen molar-refractivity contribution >= 4 is 11.5 Å². The number of amides is 1. The zero-order valence-electron chi connectivity index (χ0n) is 22.4. The number of hydrogen-bond acceptors (Lipinski definition) is 3. The molecule has 1 aliphatic rings. The molecular weight excluding hydrogens is 465 g/mol. The topological polar surface area (TPSA) is 47.6 Å². The lowest BCUT2D eigenvalue weighted by Gasteiger charge is -2.30. The van der Waals surface area contributed by atoms with Crippen LogP contribution in [-0.4, -0.2) is 20.1 Å². The lowest BCUT2D eigenvalue weighted by atomic mass is 9.75. The van der Waals surface area contributed by atoms with Crippen molar-refractivity contribution in [3.05, 3.63) is 89.2 Å². The monoisotopic (exact) mass is 501 g/mol. The molecule has 1 unspecified atom stereocenters. The van der Waals surface area contributed by atoms with Crippen molar-refractivity contribution in [1.82, 2.24) is 5.32 Å². The van der Waals surface area contributed by atoms with Gasteiger partial charge >= 0.3 is 0 Å². The van der Waals surface area contributed by atoms with Crippen molar-refractivity contribution in [2.24, 2.45) is 5.41 Å². The summed E-state index contributed by atoms with van der Waals surface area (Å²) in [7, 11) is 3.21. The number of halogens is 1. The van der Waals surface area contributed by atoms with E-state index < -0.39 is 0 Å². The second kappa shape index (κ2) is 11.2. The number of methoxy groups -OCH3 is 1. The molecule has 3 aromatic rings. The number of benzene rings is 3. The third-order valence-corrected chi connectivity index (χ3v) is 7.50. The van der Waals surface area contributed by atoms with E-state index >= 15 is 4.39 Å². The van der Waals surface area contributed by atoms with Gasteiger partial charge in [0.2, 0.25) is 5.91 Å². The normalized spacial score (nSPS) is 16.9. The van der Waals surface area contributed by atoms with Crippen LogP contribution in [0, 0.1) is 11.2 Å². The van der Waals surface area contributed by atoms with Gasteiger partial charge in [0.15, 0.2) is 0 Å². The van der Waals surface area contributed by atoms with Crippen LogP contribution in [0.3, 0.4) is 0 Å². The molecule has 0 aliphatic heterocycles. The molecule has 37 heavy (non-hydrogen) atoms. The third kappa shape index (κ3) is 6.04. The standard InChI is InChI=1S/C32H36FNO3/c1-21(16-31(35)34-4)23-8-6-9-25(18-23)37-20-22-11-13-26(28-19-24(36-5)12-14-30(28)33)27(17-22)29-10-7-15-32(29,2)3/h6,8-9,11-14,16-19,29H,7,10,15,20H2,1-5H3,(H,34,35)/b21-16+. The molecule has 4 rings (SSSR count). The highest BCUT2D eigenvalue weighted by atomic mass is 19.1. The Bertz CT molecular complexity index is 1310. The van der Waals surface area contributed by atoms with E-state index in [-0.39, 0.29) is 17.1 Å². The smallest absolute Gasteiger partial charge is 0.244 e. The summed E-state index contributed by atoms with van der Waals surface area (Å²) in [5.41, 5.74) is 5.60. The van der Waals surface area contributed by atoms with Crippen LogP contribution >= 0.6 is 0 Å². The average Bonchev–Trinajstić information content (AvgIpc) is 3.26. The summed E-state index contributed by atoms with van der Waals surface area (Å²) in [6.07, 6.45) is 4.96. The molecule has 0 spiro atoms. The zero-order valence-corrected chi connectivity index (χ0v) is 22.4. The van der Waals surface area contributed by atoms with Gasteiger partial charge in [0, 0.05) is 18.7 Å². The predicted molar refractivity (Wildman–Crippen MR) is 147 cm³/mol. The molecule has 4 nitrogen and oxygen atoms in total. The molecule has 0 radical (unpaired) electrons. The molecule has 1 fully saturated rings. The number of ether oxygens (including phenoxy) is 2. The summed E-state index contributed by atoms with van der Waals surface area (Å²) in [6.45, 7) is 6.91. The van der Waals surface area contributed by atoms with Crippen LogP contribution in [0.4, 0.5) is 4.39 Å². The number of allylic oxidation sites excluding steroid dienone is 1. The van der Waals surface area contributed by atoms with Gasteiger partial charge in [-0.1, -0.05) is 50.6 Å². The molecule has 0 aromatic heterocycles. The molecule has 1 atom stereocenters. The Hall–Kier alpha value is -3.60. The number of carbonyl (C=O) groups excluding carboxylic acids is 1. The maximum atomic E-state index is 15.0. The number of nitrogens with one attached hydrogen (secondary N) is 1. The highest BCUT2D eigenvalue weighted by Gasteiger charge is 2.37. The molecule has 194 valence electrons. The molecule has 1 N–H and O–H groups in total. The number of likely N-dealkylation sites (N-methyl/N-ethyl adjacent to an activating group) is 1. The van der Waals surface area contributed by atoms with E-state index in [1.165, 1.54) is 6.07 Å². The molecule has 1 aliphatic carbocycles. The van der Waals surface area contributed by atoms with Gasteiger partial charge in [0.1, 0.15) is 23.9 Å². The SMILES string of the molecule is CNC(=O)/C=C(\C)c1cccc(OCc2ccc(-c3cc(OC)ccc3F)c(C3CCCC3(C)C)c2)c1. The molecule has 0 heterocycles. The van der Waals surface area contributed by atoms with Gasteiger partial charge in [-0.25, -0.2) is 4.39 Å². The van der Waals surface area contributed by atoms with Crippen LogP contribution in [-0.2, 0) is 11.4 Å². The Morgan fingerprint density at radius 3 is 2.59 bits per heavy atom. The average molecular weight is 502 g/mol. The van der Waals surface area contributed by atoms with Gasteiger partial charge in [-0.15, -0.1) is 0 Å². The Morgan fingerprint density at radius 1 is 1.08 bits per heavy atom. The zero-order chi connectivity index (χ0) is 26.6. The predicted octanol–water partition coefficient (Wildman–Crippen LogP) is 7.52. The van der Waals surface area contributed by atoms with E-state index in [2.05, 4.69) is 25.2 Å². The van der Waals surface area contributed by atoms with E-state index in [1.807, 2.05) is 43.3 Å². The fraction of sp³-hybridized carbons (Fsp3) is 0.344. The summed E-state index contributed by atoms with van der Waals surface area (Å²) >= 11 is 0. The highest BCUT2D eigenvalue weighted by Crippen LogP contribution is 2.51. The Morgan fingerprint density at radius 2 is 1.89 bits per heavy atom. The molecule has 0 saturated heterocycles. The second-order valence-electron chi connectivity index (χ2n) is 10.5. The first-order chi connectivity index (χ1) is 17.7. The van der Waals surface area contributed by atoms with Crippen LogP contribution in [0.1, 0.15) is 62.6 Å². The van der Waals surface area contributed by atoms with Gasteiger partial charge in [0.05, 0.1) is 7.11 Å². The molecule has 1 amide bonds. The van der Waals surface area contributed by atoms with Crippen molar-refractivity contribution in [3.8, 4) is 22.6 Å². The lowest BCUT2D eigenvalue weighted by Crippen LogP contribution is -2.17. The summed E-state index contributed by atoms with van der Waals surface area (Å²) in [5.74, 6) is 1.31. The van der Waals surface area contributed by atoms with E-state index in [4.69, 9.17) is 9.47 Å². The molecule has 0 bridgehead atoms. The number of hydrogen-bond donors (Lipinski definition) is 1. The van der Waals surface area contributed by atoms with E-state index in [0.717, 1.165) is 52.8 Å². The van der Waals surface area contributed by atoms with E-state index in [0.29, 0.717) is 23.8 Å². The maximum Gasteiger partial charge on any atom is 0.244 e. The summed E-state index contributed by atoms with van der Waals surface area (Å²) in [4.78, 5) is 11.7. The minimum absolute atomic E-state index is 0.131. The van der Waals surface area contributed by atoms with Crippen LogP contribution in [0.5, 0.6) is 11.5 Å². The van der Waals surface area contributed by atoms with Gasteiger partial charge in [0.25, 0.3) is 0 Å².